The van der Waals surface area contributed by atoms with Crippen LogP contribution in [0.25, 0.3) is 100 Å². The number of benzene rings is 12. The van der Waals surface area contributed by atoms with Crippen LogP contribution in [0.4, 0.5) is 34.1 Å². The number of para-hydroxylation sites is 6. The van der Waals surface area contributed by atoms with Gasteiger partial charge in [-0.2, -0.15) is 4.98 Å². The molecule has 0 amide bonds. The minimum Gasteiger partial charge on any atom is -0.334 e. The maximum Gasteiger partial charge on any atom is 0.258 e. The van der Waals surface area contributed by atoms with Gasteiger partial charge in [-0.25, -0.2) is 0 Å². The van der Waals surface area contributed by atoms with Gasteiger partial charge in [0.25, 0.3) is 5.89 Å². The van der Waals surface area contributed by atoms with Crippen LogP contribution in [0, 0.1) is 13.8 Å². The second-order valence-corrected chi connectivity index (χ2v) is 21.2. The molecule has 0 unspecified atom stereocenters. The van der Waals surface area contributed by atoms with E-state index in [1.54, 1.807) is 0 Å². The quantitative estimate of drug-likeness (QED) is 0.122. The van der Waals surface area contributed by atoms with Crippen molar-refractivity contribution in [2.75, 3.05) is 9.80 Å². The number of aryl methyl sites for hydroxylation is 2. The molecule has 394 valence electrons. The highest BCUT2D eigenvalue weighted by Crippen LogP contribution is 2.44. The highest BCUT2D eigenvalue weighted by Gasteiger charge is 2.22. The van der Waals surface area contributed by atoms with Gasteiger partial charge in [-0.15, -0.1) is 0 Å². The molecule has 0 fully saturated rings. The molecule has 0 spiro atoms. The van der Waals surface area contributed by atoms with Gasteiger partial charge in [0.2, 0.25) is 5.82 Å². The van der Waals surface area contributed by atoms with Crippen molar-refractivity contribution in [2.24, 2.45) is 0 Å². The van der Waals surface area contributed by atoms with Gasteiger partial charge in [0, 0.05) is 78.2 Å². The monoisotopic (exact) mass is 1070 g/mol. The number of anilines is 6. The van der Waals surface area contributed by atoms with Crippen molar-refractivity contribution >= 4 is 77.7 Å². The van der Waals surface area contributed by atoms with Gasteiger partial charge < -0.3 is 23.5 Å². The van der Waals surface area contributed by atoms with Crippen LogP contribution in [-0.2, 0) is 0 Å². The highest BCUT2D eigenvalue weighted by atomic mass is 16.5. The molecule has 7 heteroatoms. The molecule has 0 atom stereocenters. The predicted octanol–water partition coefficient (Wildman–Crippen LogP) is 20.5. The molecule has 0 radical (unpaired) electrons. The Morgan fingerprint density at radius 1 is 0.301 bits per heavy atom. The summed E-state index contributed by atoms with van der Waals surface area (Å²) in [6.45, 7) is 4.43. The molecule has 83 heavy (non-hydrogen) atoms. The van der Waals surface area contributed by atoms with Gasteiger partial charge in [-0.05, 0) is 187 Å². The van der Waals surface area contributed by atoms with Gasteiger partial charge in [0.1, 0.15) is 0 Å². The fourth-order valence-electron chi connectivity index (χ4n) is 12.3. The summed E-state index contributed by atoms with van der Waals surface area (Å²) in [6.07, 6.45) is 0. The lowest BCUT2D eigenvalue weighted by molar-refractivity contribution is 0.432. The van der Waals surface area contributed by atoms with Crippen LogP contribution in [0.3, 0.4) is 0 Å². The van der Waals surface area contributed by atoms with Crippen molar-refractivity contribution in [1.29, 1.82) is 0 Å². The number of hydrogen-bond donors (Lipinski definition) is 0. The fourth-order valence-corrected chi connectivity index (χ4v) is 12.3. The Balaban J connectivity index is 0.830. The molecule has 3 heterocycles. The number of hydrogen-bond acceptors (Lipinski definition) is 5. The van der Waals surface area contributed by atoms with E-state index >= 15 is 0 Å². The molecule has 0 N–H and O–H groups in total. The molecule has 0 aliphatic heterocycles. The van der Waals surface area contributed by atoms with E-state index in [-0.39, 0.29) is 0 Å². The second kappa shape index (κ2) is 20.6. The first-order valence-electron chi connectivity index (χ1n) is 28.1. The molecule has 7 nitrogen and oxygen atoms in total. The number of fused-ring (bicyclic) bond motifs is 6. The zero-order chi connectivity index (χ0) is 55.4. The molecule has 15 aromatic rings. The van der Waals surface area contributed by atoms with E-state index in [4.69, 9.17) is 9.51 Å². The van der Waals surface area contributed by atoms with Crippen molar-refractivity contribution in [1.82, 2.24) is 19.3 Å². The summed E-state index contributed by atoms with van der Waals surface area (Å²) >= 11 is 0. The molecule has 0 saturated heterocycles. The first-order chi connectivity index (χ1) is 41.0. The van der Waals surface area contributed by atoms with Gasteiger partial charge in [-0.3, -0.25) is 0 Å². The number of nitrogens with zero attached hydrogens (tertiary/aromatic N) is 6. The third kappa shape index (κ3) is 8.79. The lowest BCUT2D eigenvalue weighted by Crippen LogP contribution is -2.09. The van der Waals surface area contributed by atoms with E-state index in [1.165, 1.54) is 21.5 Å². The summed E-state index contributed by atoms with van der Waals surface area (Å²) in [5.41, 5.74) is 21.7. The lowest BCUT2D eigenvalue weighted by Gasteiger charge is -2.25. The summed E-state index contributed by atoms with van der Waals surface area (Å²) in [5, 5.41) is 9.24. The molecular weight excluding hydrogens is 1010 g/mol. The fraction of sp³-hybridized carbons (Fsp3) is 0.0263. The standard InChI is InChI=1S/C76H54N6O/c1-51-44-61(81-71-34-20-18-32-67(71)69-49-63(38-42-73(69)81)79(57-24-10-4-11-25-57)58-26-12-5-13-27-58)36-40-65(51)54-46-55(48-56(47-54)76-77-75(78-83-76)53-22-8-3-9-23-53)66-41-37-62(45-52(66)2)82-72-35-21-19-33-68(72)70-50-64(39-43-74(70)82)80(59-28-14-6-15-29-59)60-30-16-7-17-31-60/h3-50H,1-2H3. The summed E-state index contributed by atoms with van der Waals surface area (Å²) < 4.78 is 10.9. The van der Waals surface area contributed by atoms with Crippen molar-refractivity contribution in [2.45, 2.75) is 13.8 Å². The maximum atomic E-state index is 6.12. The Morgan fingerprint density at radius 3 is 1.10 bits per heavy atom. The molecule has 12 aromatic carbocycles. The van der Waals surface area contributed by atoms with Crippen LogP contribution < -0.4 is 9.80 Å². The number of rotatable bonds is 12. The molecule has 0 aliphatic carbocycles. The second-order valence-electron chi connectivity index (χ2n) is 21.2. The van der Waals surface area contributed by atoms with Crippen LogP contribution in [0.5, 0.6) is 0 Å². The first kappa shape index (κ1) is 49.1. The van der Waals surface area contributed by atoms with E-state index in [1.807, 2.05) is 30.3 Å². The molecule has 3 aromatic heterocycles. The predicted molar refractivity (Wildman–Crippen MR) is 344 cm³/mol. The first-order valence-corrected chi connectivity index (χ1v) is 28.1. The number of aromatic nitrogens is 4. The van der Waals surface area contributed by atoms with Gasteiger partial charge in [0.15, 0.2) is 0 Å². The summed E-state index contributed by atoms with van der Waals surface area (Å²) in [6, 6.07) is 104. The van der Waals surface area contributed by atoms with Crippen molar-refractivity contribution in [3.05, 3.63) is 302 Å². The normalized spacial score (nSPS) is 11.5. The van der Waals surface area contributed by atoms with E-state index in [0.717, 1.165) is 112 Å². The van der Waals surface area contributed by atoms with Gasteiger partial charge in [-0.1, -0.05) is 157 Å². The summed E-state index contributed by atoms with van der Waals surface area (Å²) in [7, 11) is 0. The highest BCUT2D eigenvalue weighted by molar-refractivity contribution is 6.12. The van der Waals surface area contributed by atoms with Crippen molar-refractivity contribution < 1.29 is 4.52 Å². The topological polar surface area (TPSA) is 55.3 Å². The van der Waals surface area contributed by atoms with Crippen LogP contribution in [0.15, 0.2) is 296 Å². The minimum absolute atomic E-state index is 0.459. The van der Waals surface area contributed by atoms with E-state index in [9.17, 15) is 0 Å². The Kier molecular flexibility index (Phi) is 12.2. The Morgan fingerprint density at radius 2 is 0.675 bits per heavy atom. The Bertz CT molecular complexity index is 4530. The SMILES string of the molecule is Cc1cc(-n2c3ccccc3c3cc(N(c4ccccc4)c4ccccc4)ccc32)ccc1-c1cc(-c2nc(-c3ccccc3)no2)cc(-c2ccc(-n3c4ccccc4c4cc(N(c5ccccc5)c5ccccc5)ccc43)cc2C)c1. The average molecular weight is 1070 g/mol. The van der Waals surface area contributed by atoms with E-state index < -0.39 is 0 Å². The molecule has 0 saturated carbocycles. The van der Waals surface area contributed by atoms with Crippen LogP contribution in [-0.4, -0.2) is 19.3 Å². The largest absolute Gasteiger partial charge is 0.334 e. The van der Waals surface area contributed by atoms with Gasteiger partial charge in [0.05, 0.1) is 22.1 Å². The maximum absolute atomic E-state index is 6.12. The molecule has 0 bridgehead atoms. The average Bonchev–Trinajstić information content (AvgIpc) is 3.28. The Hall–Kier alpha value is -11.0. The molecule has 15 rings (SSSR count). The smallest absolute Gasteiger partial charge is 0.258 e. The zero-order valence-electron chi connectivity index (χ0n) is 45.8. The lowest BCUT2D eigenvalue weighted by atomic mass is 9.92. The van der Waals surface area contributed by atoms with Crippen molar-refractivity contribution in [3.63, 3.8) is 0 Å². The van der Waals surface area contributed by atoms with Crippen molar-refractivity contribution in [3.8, 4) is 56.5 Å². The molecular formula is C76H54N6O. The third-order valence-corrected chi connectivity index (χ3v) is 16.1. The molecule has 0 aliphatic rings. The van der Waals surface area contributed by atoms with Crippen LogP contribution in [0.1, 0.15) is 11.1 Å². The van der Waals surface area contributed by atoms with E-state index in [2.05, 4.69) is 299 Å². The minimum atomic E-state index is 0.459. The Labute approximate surface area is 481 Å². The third-order valence-electron chi connectivity index (χ3n) is 16.1. The summed E-state index contributed by atoms with van der Waals surface area (Å²) in [5.74, 6) is 1.01. The van der Waals surface area contributed by atoms with Crippen LogP contribution >= 0.6 is 0 Å². The van der Waals surface area contributed by atoms with Crippen LogP contribution in [0.2, 0.25) is 0 Å². The summed E-state index contributed by atoms with van der Waals surface area (Å²) in [4.78, 5) is 9.64. The zero-order valence-corrected chi connectivity index (χ0v) is 45.8. The van der Waals surface area contributed by atoms with E-state index in [0.29, 0.717) is 11.7 Å². The van der Waals surface area contributed by atoms with Gasteiger partial charge >= 0.3 is 0 Å².